The number of likely N-dealkylation sites (N-methyl/N-ethyl adjacent to an activating group) is 1. The summed E-state index contributed by atoms with van der Waals surface area (Å²) < 4.78 is 54.7. The van der Waals surface area contributed by atoms with Crippen LogP contribution in [0, 0.1) is 5.82 Å². The van der Waals surface area contributed by atoms with Crippen molar-refractivity contribution in [3.8, 4) is 0 Å². The molecule has 0 unspecified atom stereocenters. The van der Waals surface area contributed by atoms with Gasteiger partial charge in [-0.05, 0) is 49.9 Å². The van der Waals surface area contributed by atoms with Crippen LogP contribution in [-0.2, 0) is 22.9 Å². The number of nitrogens with zero attached hydrogens (tertiary/aromatic N) is 4. The molecule has 0 bridgehead atoms. The molecule has 2 aliphatic heterocycles. The van der Waals surface area contributed by atoms with Crippen LogP contribution in [0.15, 0.2) is 48.8 Å². The molecule has 0 saturated carbocycles. The number of nitrogen functional groups attached to an aromatic ring is 1. The van der Waals surface area contributed by atoms with Crippen molar-refractivity contribution in [2.75, 3.05) is 36.1 Å². The topological polar surface area (TPSA) is 87.4 Å². The molecule has 0 aliphatic carbocycles. The summed E-state index contributed by atoms with van der Waals surface area (Å²) in [4.78, 5) is 25.8. The number of carbonyl (C=O) groups excluding carboxylic acids is 1. The van der Waals surface area contributed by atoms with Crippen LogP contribution in [0.5, 0.6) is 0 Å². The third kappa shape index (κ3) is 3.93. The summed E-state index contributed by atoms with van der Waals surface area (Å²) in [5, 5.41) is 3.17. The van der Waals surface area contributed by atoms with Crippen molar-refractivity contribution in [1.29, 1.82) is 0 Å². The van der Waals surface area contributed by atoms with Gasteiger partial charge in [0.05, 0.1) is 29.5 Å². The summed E-state index contributed by atoms with van der Waals surface area (Å²) >= 11 is 0. The van der Waals surface area contributed by atoms with E-state index in [-0.39, 0.29) is 23.8 Å². The number of nitrogens with one attached hydrogen (secondary N) is 1. The number of carbonyl (C=O) groups is 1. The second kappa shape index (κ2) is 8.44. The van der Waals surface area contributed by atoms with Crippen LogP contribution >= 0.6 is 0 Å². The van der Waals surface area contributed by atoms with Crippen molar-refractivity contribution < 1.29 is 22.4 Å². The Hall–Kier alpha value is -3.73. The summed E-state index contributed by atoms with van der Waals surface area (Å²) in [5.74, 6) is -0.413. The fourth-order valence-electron chi connectivity index (χ4n) is 5.09. The predicted octanol–water partition coefficient (Wildman–Crippen LogP) is 4.12. The lowest BCUT2D eigenvalue weighted by Crippen LogP contribution is -2.68. The maximum atomic E-state index is 14.7. The van der Waals surface area contributed by atoms with Gasteiger partial charge in [-0.3, -0.25) is 4.79 Å². The van der Waals surface area contributed by atoms with Gasteiger partial charge in [0.15, 0.2) is 0 Å². The first-order valence-electron chi connectivity index (χ1n) is 11.3. The summed E-state index contributed by atoms with van der Waals surface area (Å²) in [6.45, 7) is 2.51. The number of alkyl halides is 3. The Labute approximate surface area is 204 Å². The number of rotatable bonds is 4. The molecule has 7 nitrogen and oxygen atoms in total. The molecule has 36 heavy (non-hydrogen) atoms. The minimum absolute atomic E-state index is 0.00836. The number of fused-ring (bicyclic) bond motifs is 2. The Morgan fingerprint density at radius 2 is 1.86 bits per heavy atom. The van der Waals surface area contributed by atoms with Crippen molar-refractivity contribution in [1.82, 2.24) is 14.9 Å². The Kier molecular flexibility index (Phi) is 5.62. The van der Waals surface area contributed by atoms with Gasteiger partial charge in [-0.15, -0.1) is 0 Å². The number of hydrogen-bond acceptors (Lipinski definition) is 6. The van der Waals surface area contributed by atoms with Crippen molar-refractivity contribution in [2.24, 2.45) is 0 Å². The number of likely N-dealkylation sites (tertiary alicyclic amines) is 1. The molecular weight excluding hydrogens is 476 g/mol. The zero-order valence-electron chi connectivity index (χ0n) is 19.6. The highest BCUT2D eigenvalue weighted by Crippen LogP contribution is 2.44. The van der Waals surface area contributed by atoms with E-state index in [1.165, 1.54) is 23.4 Å². The van der Waals surface area contributed by atoms with Crippen LogP contribution in [0.3, 0.4) is 0 Å². The van der Waals surface area contributed by atoms with E-state index in [1.54, 1.807) is 25.1 Å². The average Bonchev–Trinajstić information content (AvgIpc) is 2.80. The summed E-state index contributed by atoms with van der Waals surface area (Å²) in [6, 6.07) is 8.83. The molecular formula is C25H24F4N6O. The summed E-state index contributed by atoms with van der Waals surface area (Å²) in [7, 11) is 1.88. The van der Waals surface area contributed by atoms with Crippen molar-refractivity contribution in [2.45, 2.75) is 31.1 Å². The number of amides is 1. The van der Waals surface area contributed by atoms with Crippen LogP contribution in [-0.4, -0.2) is 40.9 Å². The summed E-state index contributed by atoms with van der Waals surface area (Å²) in [5.41, 5.74) is 5.55. The molecule has 3 aromatic rings. The van der Waals surface area contributed by atoms with E-state index in [2.05, 4.69) is 15.3 Å². The minimum atomic E-state index is -4.54. The fourth-order valence-corrected chi connectivity index (χ4v) is 5.09. The molecule has 2 aromatic carbocycles. The maximum absolute atomic E-state index is 14.7. The van der Waals surface area contributed by atoms with Crippen LogP contribution in [0.1, 0.15) is 35.3 Å². The average molecular weight is 501 g/mol. The van der Waals surface area contributed by atoms with Gasteiger partial charge in [-0.2, -0.15) is 13.2 Å². The zero-order chi connectivity index (χ0) is 25.8. The first kappa shape index (κ1) is 24.0. The van der Waals surface area contributed by atoms with Gasteiger partial charge < -0.3 is 20.9 Å². The molecule has 1 saturated heterocycles. The third-order valence-electron chi connectivity index (χ3n) is 6.75. The molecule has 1 aromatic heterocycles. The number of anilines is 3. The normalized spacial score (nSPS) is 18.1. The minimum Gasteiger partial charge on any atom is -0.399 e. The number of halogens is 4. The Bertz CT molecular complexity index is 1340. The van der Waals surface area contributed by atoms with Crippen LogP contribution < -0.4 is 16.0 Å². The Morgan fingerprint density at radius 3 is 2.53 bits per heavy atom. The second-order valence-corrected chi connectivity index (χ2v) is 9.40. The number of benzene rings is 2. The second-order valence-electron chi connectivity index (χ2n) is 9.40. The number of nitrogens with two attached hydrogens (primary N) is 1. The largest absolute Gasteiger partial charge is 0.416 e. The molecule has 3 N–H and O–H groups in total. The van der Waals surface area contributed by atoms with E-state index in [4.69, 9.17) is 5.73 Å². The highest BCUT2D eigenvalue weighted by molar-refractivity contribution is 6.04. The molecule has 2 aliphatic rings. The molecule has 1 amide bonds. The van der Waals surface area contributed by atoms with Crippen LogP contribution in [0.25, 0.3) is 0 Å². The lowest BCUT2D eigenvalue weighted by Gasteiger charge is -2.51. The molecule has 1 fully saturated rings. The van der Waals surface area contributed by atoms with E-state index >= 15 is 0 Å². The molecule has 188 valence electrons. The van der Waals surface area contributed by atoms with E-state index in [9.17, 15) is 22.4 Å². The molecule has 0 radical (unpaired) electrons. The van der Waals surface area contributed by atoms with E-state index < -0.39 is 29.0 Å². The highest BCUT2D eigenvalue weighted by atomic mass is 19.4. The number of hydrogen-bond donors (Lipinski definition) is 2. The smallest absolute Gasteiger partial charge is 0.399 e. The van der Waals surface area contributed by atoms with Gasteiger partial charge in [-0.25, -0.2) is 14.4 Å². The van der Waals surface area contributed by atoms with Crippen LogP contribution in [0.4, 0.5) is 34.8 Å². The molecule has 1 atom stereocenters. The molecule has 3 heterocycles. The zero-order valence-corrected chi connectivity index (χ0v) is 19.6. The SMILES string of the molecule is C[C@@H](Nc1ncnc2c1CN(c1ccccc1F)C(=O)C21CN(C)C1)c1cc(N)cc(C(F)(F)F)c1. The first-order chi connectivity index (χ1) is 17.0. The predicted molar refractivity (Wildman–Crippen MR) is 127 cm³/mol. The van der Waals surface area contributed by atoms with Gasteiger partial charge >= 0.3 is 6.18 Å². The van der Waals surface area contributed by atoms with Gasteiger partial charge in [0, 0.05) is 24.3 Å². The van der Waals surface area contributed by atoms with Crippen molar-refractivity contribution in [3.05, 3.63) is 77.0 Å². The lowest BCUT2D eigenvalue weighted by molar-refractivity contribution is -0.137. The Balaban J connectivity index is 1.55. The van der Waals surface area contributed by atoms with Crippen molar-refractivity contribution in [3.63, 3.8) is 0 Å². The van der Waals surface area contributed by atoms with Gasteiger partial charge in [0.1, 0.15) is 23.4 Å². The van der Waals surface area contributed by atoms with Gasteiger partial charge in [0.2, 0.25) is 5.91 Å². The van der Waals surface area contributed by atoms with Gasteiger partial charge in [0.25, 0.3) is 0 Å². The highest BCUT2D eigenvalue weighted by Gasteiger charge is 2.56. The standard InChI is InChI=1S/C25H24F4N6O/c1-14(15-7-16(25(27,28)29)9-17(30)8-15)33-22-18-10-35(20-6-4-3-5-19(20)26)23(36)24(11-34(2)12-24)21(18)31-13-32-22/h3-9,13-14H,10-12,30H2,1-2H3,(H,31,32,33)/t14-/m1/s1. The van der Waals surface area contributed by atoms with Gasteiger partial charge in [-0.1, -0.05) is 12.1 Å². The molecule has 5 rings (SSSR count). The number of aromatic nitrogens is 2. The quantitative estimate of drug-likeness (QED) is 0.414. The van der Waals surface area contributed by atoms with E-state index in [0.29, 0.717) is 35.7 Å². The summed E-state index contributed by atoms with van der Waals surface area (Å²) in [6.07, 6.45) is -3.21. The van der Waals surface area contributed by atoms with E-state index in [1.807, 2.05) is 11.9 Å². The van der Waals surface area contributed by atoms with Crippen molar-refractivity contribution >= 4 is 23.1 Å². The molecule has 1 spiro atoms. The first-order valence-corrected chi connectivity index (χ1v) is 11.3. The van der Waals surface area contributed by atoms with Crippen LogP contribution in [0.2, 0.25) is 0 Å². The Morgan fingerprint density at radius 1 is 1.14 bits per heavy atom. The molecule has 11 heteroatoms. The lowest BCUT2D eigenvalue weighted by atomic mass is 9.71. The monoisotopic (exact) mass is 500 g/mol. The third-order valence-corrected chi connectivity index (χ3v) is 6.75. The maximum Gasteiger partial charge on any atom is 0.416 e. The van der Waals surface area contributed by atoms with E-state index in [0.717, 1.165) is 12.1 Å². The number of para-hydroxylation sites is 1. The fraction of sp³-hybridized carbons (Fsp3) is 0.320.